The van der Waals surface area contributed by atoms with E-state index in [0.29, 0.717) is 0 Å². The van der Waals surface area contributed by atoms with Crippen LogP contribution in [0.25, 0.3) is 0 Å². The van der Waals surface area contributed by atoms with Crippen LogP contribution in [0.15, 0.2) is 6.20 Å². The Hall–Kier alpha value is -0.830. The minimum atomic E-state index is 0.240. The lowest BCUT2D eigenvalue weighted by Gasteiger charge is -2.20. The number of nitrogens with zero attached hydrogens (tertiary/aromatic N) is 2. The van der Waals surface area contributed by atoms with Crippen molar-refractivity contribution in [3.05, 3.63) is 17.5 Å². The third-order valence-electron chi connectivity index (χ3n) is 2.64. The normalized spacial score (nSPS) is 12.1. The van der Waals surface area contributed by atoms with Crippen molar-refractivity contribution in [2.24, 2.45) is 7.05 Å². The summed E-state index contributed by atoms with van der Waals surface area (Å²) in [5, 5.41) is 7.86. The van der Waals surface area contributed by atoms with Crippen LogP contribution in [0.2, 0.25) is 0 Å². The van der Waals surface area contributed by atoms with E-state index in [1.54, 1.807) is 0 Å². The molecular formula is C13H25N3. The van der Waals surface area contributed by atoms with Crippen molar-refractivity contribution < 1.29 is 0 Å². The summed E-state index contributed by atoms with van der Waals surface area (Å²) in [4.78, 5) is 0. The van der Waals surface area contributed by atoms with E-state index in [1.807, 2.05) is 11.7 Å². The van der Waals surface area contributed by atoms with Crippen LogP contribution in [0.4, 0.5) is 0 Å². The molecule has 0 saturated heterocycles. The van der Waals surface area contributed by atoms with Crippen LogP contribution in [0.5, 0.6) is 0 Å². The third-order valence-corrected chi connectivity index (χ3v) is 2.64. The Kier molecular flexibility index (Phi) is 4.54. The molecule has 0 atom stereocenters. The summed E-state index contributed by atoms with van der Waals surface area (Å²) in [6.07, 6.45) is 5.74. The van der Waals surface area contributed by atoms with E-state index in [-0.39, 0.29) is 5.54 Å². The molecule has 0 amide bonds. The van der Waals surface area contributed by atoms with Crippen LogP contribution in [0.1, 0.15) is 44.9 Å². The second-order valence-electron chi connectivity index (χ2n) is 5.55. The molecule has 0 bridgehead atoms. The predicted octanol–water partition coefficient (Wildman–Crippen LogP) is 2.44. The van der Waals surface area contributed by atoms with Gasteiger partial charge in [-0.3, -0.25) is 4.68 Å². The minimum Gasteiger partial charge on any atom is -0.312 e. The number of hydrogen-bond acceptors (Lipinski definition) is 2. The average Bonchev–Trinajstić information content (AvgIpc) is 2.42. The maximum Gasteiger partial charge on any atom is 0.0625 e. The smallest absolute Gasteiger partial charge is 0.0625 e. The van der Waals surface area contributed by atoms with Crippen LogP contribution in [-0.4, -0.2) is 21.9 Å². The summed E-state index contributed by atoms with van der Waals surface area (Å²) < 4.78 is 1.90. The van der Waals surface area contributed by atoms with Crippen LogP contribution in [0.3, 0.4) is 0 Å². The highest BCUT2D eigenvalue weighted by Gasteiger charge is 2.07. The number of unbranched alkanes of at least 4 members (excludes halogenated alkanes) is 1. The maximum atomic E-state index is 4.35. The number of aromatic nitrogens is 2. The van der Waals surface area contributed by atoms with Gasteiger partial charge in [-0.25, -0.2) is 0 Å². The first-order chi connectivity index (χ1) is 7.38. The Labute approximate surface area is 99.2 Å². The molecule has 0 unspecified atom stereocenters. The van der Waals surface area contributed by atoms with Crippen molar-refractivity contribution in [2.45, 2.75) is 52.5 Å². The topological polar surface area (TPSA) is 29.9 Å². The van der Waals surface area contributed by atoms with Crippen molar-refractivity contribution in [1.29, 1.82) is 0 Å². The van der Waals surface area contributed by atoms with Crippen molar-refractivity contribution in [2.75, 3.05) is 6.54 Å². The molecule has 0 aliphatic carbocycles. The number of hydrogen-bond donors (Lipinski definition) is 1. The van der Waals surface area contributed by atoms with Crippen LogP contribution < -0.4 is 5.32 Å². The van der Waals surface area contributed by atoms with Crippen molar-refractivity contribution >= 4 is 0 Å². The summed E-state index contributed by atoms with van der Waals surface area (Å²) in [6.45, 7) is 9.81. The summed E-state index contributed by atoms with van der Waals surface area (Å²) in [6, 6.07) is 0. The molecule has 1 N–H and O–H groups in total. The zero-order valence-corrected chi connectivity index (χ0v) is 11.3. The fourth-order valence-electron chi connectivity index (χ4n) is 1.80. The van der Waals surface area contributed by atoms with E-state index in [9.17, 15) is 0 Å². The van der Waals surface area contributed by atoms with Gasteiger partial charge in [-0.15, -0.1) is 0 Å². The van der Waals surface area contributed by atoms with E-state index < -0.39 is 0 Å². The first-order valence-corrected chi connectivity index (χ1v) is 6.12. The van der Waals surface area contributed by atoms with E-state index in [2.05, 4.69) is 44.3 Å². The molecule has 3 heteroatoms. The van der Waals surface area contributed by atoms with Crippen LogP contribution in [-0.2, 0) is 13.5 Å². The molecule has 0 spiro atoms. The van der Waals surface area contributed by atoms with Crippen molar-refractivity contribution in [1.82, 2.24) is 15.1 Å². The zero-order valence-electron chi connectivity index (χ0n) is 11.3. The highest BCUT2D eigenvalue weighted by atomic mass is 15.2. The van der Waals surface area contributed by atoms with Gasteiger partial charge >= 0.3 is 0 Å². The van der Waals surface area contributed by atoms with Gasteiger partial charge in [-0.05, 0) is 59.1 Å². The Morgan fingerprint density at radius 3 is 2.50 bits per heavy atom. The highest BCUT2D eigenvalue weighted by molar-refractivity contribution is 5.15. The van der Waals surface area contributed by atoms with Crippen LogP contribution >= 0.6 is 0 Å². The van der Waals surface area contributed by atoms with Crippen molar-refractivity contribution in [3.63, 3.8) is 0 Å². The number of nitrogens with one attached hydrogen (secondary N) is 1. The molecular weight excluding hydrogens is 198 g/mol. The van der Waals surface area contributed by atoms with Gasteiger partial charge in [0.25, 0.3) is 0 Å². The molecule has 1 rings (SSSR count). The zero-order chi connectivity index (χ0) is 12.2. The summed E-state index contributed by atoms with van der Waals surface area (Å²) in [5.74, 6) is 0. The van der Waals surface area contributed by atoms with Gasteiger partial charge in [0.1, 0.15) is 0 Å². The maximum absolute atomic E-state index is 4.35. The molecule has 0 aliphatic heterocycles. The lowest BCUT2D eigenvalue weighted by molar-refractivity contribution is 0.419. The molecule has 1 aromatic heterocycles. The largest absolute Gasteiger partial charge is 0.312 e. The Bertz CT molecular complexity index is 320. The molecule has 0 fully saturated rings. The molecule has 0 aromatic carbocycles. The molecule has 92 valence electrons. The minimum absolute atomic E-state index is 0.240. The fraction of sp³-hybridized carbons (Fsp3) is 0.769. The SMILES string of the molecule is Cc1nn(C)cc1CCCCNC(C)(C)C. The Balaban J connectivity index is 2.19. The van der Waals surface area contributed by atoms with Crippen LogP contribution in [0, 0.1) is 6.92 Å². The summed E-state index contributed by atoms with van der Waals surface area (Å²) in [7, 11) is 1.98. The highest BCUT2D eigenvalue weighted by Crippen LogP contribution is 2.09. The lowest BCUT2D eigenvalue weighted by Crippen LogP contribution is -2.36. The second-order valence-corrected chi connectivity index (χ2v) is 5.55. The Morgan fingerprint density at radius 1 is 1.31 bits per heavy atom. The molecule has 0 saturated carbocycles. The standard InChI is InChI=1S/C13H25N3/c1-11-12(10-16(5)15-11)8-6-7-9-14-13(2,3)4/h10,14H,6-9H2,1-5H3. The second kappa shape index (κ2) is 5.48. The third kappa shape index (κ3) is 4.79. The van der Waals surface area contributed by atoms with E-state index in [1.165, 1.54) is 24.1 Å². The molecule has 3 nitrogen and oxygen atoms in total. The monoisotopic (exact) mass is 223 g/mol. The number of rotatable bonds is 5. The quantitative estimate of drug-likeness (QED) is 0.777. The molecule has 16 heavy (non-hydrogen) atoms. The average molecular weight is 223 g/mol. The summed E-state index contributed by atoms with van der Waals surface area (Å²) >= 11 is 0. The fourth-order valence-corrected chi connectivity index (χ4v) is 1.80. The van der Waals surface area contributed by atoms with Crippen molar-refractivity contribution in [3.8, 4) is 0 Å². The first kappa shape index (κ1) is 13.2. The predicted molar refractivity (Wildman–Crippen MR) is 68.6 cm³/mol. The Morgan fingerprint density at radius 2 is 2.00 bits per heavy atom. The number of aryl methyl sites for hydroxylation is 3. The van der Waals surface area contributed by atoms with Gasteiger partial charge in [-0.2, -0.15) is 5.10 Å². The molecule has 1 heterocycles. The van der Waals surface area contributed by atoms with Gasteiger partial charge in [0, 0.05) is 18.8 Å². The summed E-state index contributed by atoms with van der Waals surface area (Å²) in [5.41, 5.74) is 2.80. The van der Waals surface area contributed by atoms with E-state index in [0.717, 1.165) is 13.0 Å². The van der Waals surface area contributed by atoms with Gasteiger partial charge in [0.15, 0.2) is 0 Å². The lowest BCUT2D eigenvalue weighted by atomic mass is 10.1. The molecule has 1 aromatic rings. The van der Waals surface area contributed by atoms with E-state index in [4.69, 9.17) is 0 Å². The first-order valence-electron chi connectivity index (χ1n) is 6.12. The van der Waals surface area contributed by atoms with E-state index >= 15 is 0 Å². The van der Waals surface area contributed by atoms with Gasteiger partial charge < -0.3 is 5.32 Å². The molecule has 0 radical (unpaired) electrons. The van der Waals surface area contributed by atoms with Gasteiger partial charge in [0.2, 0.25) is 0 Å². The molecule has 0 aliphatic rings. The van der Waals surface area contributed by atoms with Gasteiger partial charge in [0.05, 0.1) is 5.69 Å². The van der Waals surface area contributed by atoms with Gasteiger partial charge in [-0.1, -0.05) is 0 Å².